The third kappa shape index (κ3) is 7.00. The molecule has 0 unspecified atom stereocenters. The molecule has 1 atom stereocenters. The normalized spacial score (nSPS) is 12.4. The molecule has 0 bridgehead atoms. The molecule has 0 spiro atoms. The van der Waals surface area contributed by atoms with Crippen LogP contribution in [0.5, 0.6) is 0 Å². The fourth-order valence-corrected chi connectivity index (χ4v) is 1.09. The van der Waals surface area contributed by atoms with Gasteiger partial charge < -0.3 is 15.0 Å². The highest BCUT2D eigenvalue weighted by Crippen LogP contribution is 1.95. The molecular formula is C11H20N2O3. The summed E-state index contributed by atoms with van der Waals surface area (Å²) in [5.74, 6) is -0.108. The highest BCUT2D eigenvalue weighted by atomic mass is 16.5. The molecule has 0 saturated carbocycles. The van der Waals surface area contributed by atoms with E-state index in [9.17, 15) is 9.59 Å². The number of allylic oxidation sites excluding steroid dienone is 1. The Kier molecular flexibility index (Phi) is 8.15. The summed E-state index contributed by atoms with van der Waals surface area (Å²) in [5.41, 5.74) is 0. The molecule has 0 aromatic heterocycles. The molecule has 0 aromatic rings. The molecule has 92 valence electrons. The van der Waals surface area contributed by atoms with E-state index in [2.05, 4.69) is 5.32 Å². The molecule has 0 fully saturated rings. The fraction of sp³-hybridized carbons (Fsp3) is 0.636. The minimum atomic E-state index is -0.199. The van der Waals surface area contributed by atoms with Gasteiger partial charge >= 0.3 is 0 Å². The van der Waals surface area contributed by atoms with Crippen LogP contribution in [0.2, 0.25) is 0 Å². The van der Waals surface area contributed by atoms with E-state index < -0.39 is 0 Å². The van der Waals surface area contributed by atoms with Crippen LogP contribution in [0, 0.1) is 0 Å². The smallest absolute Gasteiger partial charge is 0.216 e. The molecule has 1 N–H and O–H groups in total. The largest absolute Gasteiger partial charge is 0.378 e. The molecule has 0 radical (unpaired) electrons. The van der Waals surface area contributed by atoms with E-state index >= 15 is 0 Å². The topological polar surface area (TPSA) is 58.6 Å². The van der Waals surface area contributed by atoms with Crippen molar-refractivity contribution in [2.45, 2.75) is 26.4 Å². The monoisotopic (exact) mass is 228 g/mol. The third-order valence-corrected chi connectivity index (χ3v) is 1.99. The molecule has 0 aliphatic rings. The molecule has 16 heavy (non-hydrogen) atoms. The predicted octanol–water partition coefficient (Wildman–Crippen LogP) is 0.520. The highest BCUT2D eigenvalue weighted by molar-refractivity contribution is 5.72. The Balaban J connectivity index is 4.10. The molecule has 0 heterocycles. The lowest BCUT2D eigenvalue weighted by Crippen LogP contribution is -2.38. The lowest BCUT2D eigenvalue weighted by Gasteiger charge is -2.20. The molecule has 2 amide bonds. The third-order valence-electron chi connectivity index (χ3n) is 1.99. The Morgan fingerprint density at radius 3 is 2.69 bits per heavy atom. The Labute approximate surface area is 96.4 Å². The first-order valence-corrected chi connectivity index (χ1v) is 5.29. The summed E-state index contributed by atoms with van der Waals surface area (Å²) in [6.45, 7) is 4.26. The van der Waals surface area contributed by atoms with Crippen LogP contribution in [0.4, 0.5) is 0 Å². The molecule has 0 aliphatic heterocycles. The first-order valence-electron chi connectivity index (χ1n) is 5.29. The Morgan fingerprint density at radius 2 is 2.25 bits per heavy atom. The van der Waals surface area contributed by atoms with Gasteiger partial charge in [-0.1, -0.05) is 13.0 Å². The first kappa shape index (κ1) is 14.6. The van der Waals surface area contributed by atoms with Crippen LogP contribution in [0.1, 0.15) is 20.3 Å². The second-order valence-corrected chi connectivity index (χ2v) is 3.39. The molecule has 0 saturated heterocycles. The summed E-state index contributed by atoms with van der Waals surface area (Å²) in [6, 6.07) is 0. The van der Waals surface area contributed by atoms with Crippen molar-refractivity contribution in [3.63, 3.8) is 0 Å². The van der Waals surface area contributed by atoms with Gasteiger partial charge in [0, 0.05) is 26.8 Å². The summed E-state index contributed by atoms with van der Waals surface area (Å²) in [7, 11) is 1.55. The quantitative estimate of drug-likeness (QED) is 0.616. The summed E-state index contributed by atoms with van der Waals surface area (Å²) in [5, 5.41) is 2.65. The van der Waals surface area contributed by atoms with Gasteiger partial charge in [-0.25, -0.2) is 0 Å². The van der Waals surface area contributed by atoms with E-state index in [0.717, 1.165) is 12.8 Å². The van der Waals surface area contributed by atoms with Gasteiger partial charge in [0.2, 0.25) is 12.3 Å². The number of hydrogen-bond donors (Lipinski definition) is 1. The number of ether oxygens (including phenoxy) is 1. The maximum Gasteiger partial charge on any atom is 0.216 e. The minimum absolute atomic E-state index is 0.108. The maximum atomic E-state index is 10.7. The summed E-state index contributed by atoms with van der Waals surface area (Å²) in [6.07, 6.45) is 5.02. The van der Waals surface area contributed by atoms with E-state index in [1.165, 1.54) is 11.8 Å². The Hall–Kier alpha value is -1.36. The van der Waals surface area contributed by atoms with Gasteiger partial charge in [-0.2, -0.15) is 0 Å². The zero-order valence-electron chi connectivity index (χ0n) is 10.1. The van der Waals surface area contributed by atoms with Crippen molar-refractivity contribution in [2.24, 2.45) is 0 Å². The SMILES string of the molecule is CC/C=C/N(C=O)C[C@H](CNC(C)=O)OC. The molecule has 0 rings (SSSR count). The van der Waals surface area contributed by atoms with E-state index in [-0.39, 0.29) is 12.0 Å². The second-order valence-electron chi connectivity index (χ2n) is 3.39. The number of carbonyl (C=O) groups excluding carboxylic acids is 2. The molecule has 0 aromatic carbocycles. The van der Waals surface area contributed by atoms with Crippen LogP contribution in [0.3, 0.4) is 0 Å². The standard InChI is InChI=1S/C11H20N2O3/c1-4-5-6-13(9-14)8-11(16-3)7-12-10(2)15/h5-6,9,11H,4,7-8H2,1-3H3,(H,12,15)/b6-5+/t11-/m0/s1. The van der Waals surface area contributed by atoms with Crippen LogP contribution in [0.15, 0.2) is 12.3 Å². The van der Waals surface area contributed by atoms with Crippen molar-refractivity contribution in [1.29, 1.82) is 0 Å². The van der Waals surface area contributed by atoms with Gasteiger partial charge in [-0.3, -0.25) is 9.59 Å². The molecule has 5 heteroatoms. The summed E-state index contributed by atoms with van der Waals surface area (Å²) < 4.78 is 5.16. The van der Waals surface area contributed by atoms with E-state index in [1.54, 1.807) is 13.3 Å². The maximum absolute atomic E-state index is 10.7. The van der Waals surface area contributed by atoms with Crippen LogP contribution < -0.4 is 5.32 Å². The summed E-state index contributed by atoms with van der Waals surface area (Å²) in [4.78, 5) is 23.0. The van der Waals surface area contributed by atoms with Crippen molar-refractivity contribution in [1.82, 2.24) is 10.2 Å². The first-order chi connectivity index (χ1) is 7.63. The van der Waals surface area contributed by atoms with Crippen molar-refractivity contribution in [3.05, 3.63) is 12.3 Å². The van der Waals surface area contributed by atoms with Crippen molar-refractivity contribution in [3.8, 4) is 0 Å². The number of rotatable bonds is 8. The number of carbonyl (C=O) groups is 2. The van der Waals surface area contributed by atoms with Crippen LogP contribution in [-0.2, 0) is 14.3 Å². The van der Waals surface area contributed by atoms with Gasteiger partial charge in [0.1, 0.15) is 0 Å². The van der Waals surface area contributed by atoms with Gasteiger partial charge in [-0.05, 0) is 6.42 Å². The number of nitrogens with one attached hydrogen (secondary N) is 1. The Morgan fingerprint density at radius 1 is 1.56 bits per heavy atom. The highest BCUT2D eigenvalue weighted by Gasteiger charge is 2.10. The van der Waals surface area contributed by atoms with Gasteiger partial charge in [0.25, 0.3) is 0 Å². The average Bonchev–Trinajstić information content (AvgIpc) is 2.28. The molecule has 5 nitrogen and oxygen atoms in total. The Bertz CT molecular complexity index is 241. The number of hydrogen-bond acceptors (Lipinski definition) is 3. The van der Waals surface area contributed by atoms with Crippen LogP contribution in [-0.4, -0.2) is 43.5 Å². The number of amides is 2. The van der Waals surface area contributed by atoms with E-state index in [0.29, 0.717) is 13.1 Å². The number of methoxy groups -OCH3 is 1. The van der Waals surface area contributed by atoms with Gasteiger partial charge in [0.15, 0.2) is 0 Å². The van der Waals surface area contributed by atoms with Gasteiger partial charge in [0.05, 0.1) is 12.6 Å². The summed E-state index contributed by atoms with van der Waals surface area (Å²) >= 11 is 0. The van der Waals surface area contributed by atoms with Crippen LogP contribution in [0.25, 0.3) is 0 Å². The zero-order chi connectivity index (χ0) is 12.4. The molecular weight excluding hydrogens is 208 g/mol. The number of nitrogens with zero attached hydrogens (tertiary/aromatic N) is 1. The fourth-order valence-electron chi connectivity index (χ4n) is 1.09. The second kappa shape index (κ2) is 8.91. The lowest BCUT2D eigenvalue weighted by atomic mass is 10.3. The minimum Gasteiger partial charge on any atom is -0.378 e. The van der Waals surface area contributed by atoms with Crippen LogP contribution >= 0.6 is 0 Å². The van der Waals surface area contributed by atoms with Crippen molar-refractivity contribution < 1.29 is 14.3 Å². The van der Waals surface area contributed by atoms with E-state index in [4.69, 9.17) is 4.74 Å². The van der Waals surface area contributed by atoms with Gasteiger partial charge in [-0.15, -0.1) is 0 Å². The van der Waals surface area contributed by atoms with Crippen molar-refractivity contribution >= 4 is 12.3 Å². The molecule has 0 aliphatic carbocycles. The van der Waals surface area contributed by atoms with E-state index in [1.807, 2.05) is 13.0 Å². The lowest BCUT2D eigenvalue weighted by molar-refractivity contribution is -0.119. The average molecular weight is 228 g/mol. The zero-order valence-corrected chi connectivity index (χ0v) is 10.1. The predicted molar refractivity (Wildman–Crippen MR) is 61.7 cm³/mol. The van der Waals surface area contributed by atoms with Crippen molar-refractivity contribution in [2.75, 3.05) is 20.2 Å².